The van der Waals surface area contributed by atoms with Gasteiger partial charge in [0.25, 0.3) is 5.91 Å². The predicted molar refractivity (Wildman–Crippen MR) is 115 cm³/mol. The minimum Gasteiger partial charge on any atom is -0.367 e. The highest BCUT2D eigenvalue weighted by atomic mass is 19.1. The van der Waals surface area contributed by atoms with E-state index in [1.165, 1.54) is 6.07 Å². The number of ether oxygens (including phenoxy) is 1. The van der Waals surface area contributed by atoms with Crippen molar-refractivity contribution in [2.45, 2.75) is 25.0 Å². The van der Waals surface area contributed by atoms with Crippen LogP contribution >= 0.6 is 0 Å². The monoisotopic (exact) mass is 421 g/mol. The van der Waals surface area contributed by atoms with Gasteiger partial charge >= 0.3 is 0 Å². The number of hydrogen-bond donors (Lipinski definition) is 2. The number of pyridine rings is 1. The molecule has 8 heteroatoms. The number of aromatic nitrogens is 2. The zero-order chi connectivity index (χ0) is 21.8. The average molecular weight is 421 g/mol. The number of nitrogens with zero attached hydrogens (tertiary/aromatic N) is 3. The third-order valence-electron chi connectivity index (χ3n) is 5.46. The van der Waals surface area contributed by atoms with Crippen LogP contribution in [0.2, 0.25) is 0 Å². The third-order valence-corrected chi connectivity index (χ3v) is 5.46. The lowest BCUT2D eigenvalue weighted by Crippen LogP contribution is -2.46. The van der Waals surface area contributed by atoms with Crippen molar-refractivity contribution < 1.29 is 13.9 Å². The molecule has 1 aliphatic rings. The molecule has 160 valence electrons. The average Bonchev–Trinajstić information content (AvgIpc) is 2.97. The van der Waals surface area contributed by atoms with Crippen molar-refractivity contribution in [2.75, 3.05) is 19.7 Å². The zero-order valence-corrected chi connectivity index (χ0v) is 17.3. The second-order valence-corrected chi connectivity index (χ2v) is 7.67. The quantitative estimate of drug-likeness (QED) is 0.660. The summed E-state index contributed by atoms with van der Waals surface area (Å²) in [6.45, 7) is 1.67. The van der Waals surface area contributed by atoms with Gasteiger partial charge in [-0.25, -0.2) is 4.39 Å². The molecule has 1 aliphatic heterocycles. The smallest absolute Gasteiger partial charge is 0.251 e. The molecule has 0 bridgehead atoms. The number of nitrogens with one attached hydrogen (secondary N) is 2. The molecule has 3 aromatic rings. The summed E-state index contributed by atoms with van der Waals surface area (Å²) in [5.41, 5.74) is 3.71. The van der Waals surface area contributed by atoms with Crippen LogP contribution in [0.25, 0.3) is 22.2 Å². The summed E-state index contributed by atoms with van der Waals surface area (Å²) in [6.07, 6.45) is 3.90. The molecule has 7 nitrogen and oxygen atoms in total. The number of rotatable bonds is 5. The predicted octanol–water partition coefficient (Wildman–Crippen LogP) is 2.31. The van der Waals surface area contributed by atoms with E-state index in [9.17, 15) is 14.4 Å². The molecule has 1 amide bonds. The van der Waals surface area contributed by atoms with E-state index < -0.39 is 18.0 Å². The van der Waals surface area contributed by atoms with Gasteiger partial charge < -0.3 is 19.9 Å². The Kier molecular flexibility index (Phi) is 6.26. The van der Waals surface area contributed by atoms with Crippen LogP contribution in [0.1, 0.15) is 12.0 Å². The summed E-state index contributed by atoms with van der Waals surface area (Å²) in [7, 11) is 1.93. The van der Waals surface area contributed by atoms with Crippen molar-refractivity contribution in [3.8, 4) is 17.2 Å². The van der Waals surface area contributed by atoms with Crippen LogP contribution in [0.5, 0.6) is 0 Å². The number of fused-ring (bicyclic) bond motifs is 1. The minimum absolute atomic E-state index is 0.0730. The first-order chi connectivity index (χ1) is 15.0. The van der Waals surface area contributed by atoms with E-state index in [1.54, 1.807) is 18.3 Å². The van der Waals surface area contributed by atoms with E-state index in [2.05, 4.69) is 15.6 Å². The Morgan fingerprint density at radius 2 is 2.29 bits per heavy atom. The van der Waals surface area contributed by atoms with Gasteiger partial charge in [-0.3, -0.25) is 9.78 Å². The van der Waals surface area contributed by atoms with E-state index >= 15 is 0 Å². The van der Waals surface area contributed by atoms with E-state index in [1.807, 2.05) is 36.0 Å². The molecule has 0 spiro atoms. The minimum atomic E-state index is -0.846. The Labute approximate surface area is 179 Å². The molecule has 0 aliphatic carbocycles. The molecule has 31 heavy (non-hydrogen) atoms. The highest BCUT2D eigenvalue weighted by Crippen LogP contribution is 2.25. The molecule has 0 saturated carbocycles. The lowest BCUT2D eigenvalue weighted by Gasteiger charge is -2.18. The Morgan fingerprint density at radius 3 is 3.10 bits per heavy atom. The van der Waals surface area contributed by atoms with Crippen LogP contribution in [0.15, 0.2) is 42.7 Å². The van der Waals surface area contributed by atoms with Gasteiger partial charge in [-0.2, -0.15) is 5.26 Å². The Hall–Kier alpha value is -3.28. The van der Waals surface area contributed by atoms with Gasteiger partial charge in [-0.15, -0.1) is 0 Å². The summed E-state index contributed by atoms with van der Waals surface area (Å²) >= 11 is 0. The van der Waals surface area contributed by atoms with Crippen molar-refractivity contribution in [3.63, 3.8) is 0 Å². The van der Waals surface area contributed by atoms with Crippen LogP contribution in [0.3, 0.4) is 0 Å². The molecule has 3 heterocycles. The maximum absolute atomic E-state index is 14.8. The molecular formula is C23H24FN5O2. The highest BCUT2D eigenvalue weighted by Gasteiger charge is 2.24. The van der Waals surface area contributed by atoms with Gasteiger partial charge in [0.15, 0.2) is 0 Å². The molecule has 1 saturated heterocycles. The van der Waals surface area contributed by atoms with Gasteiger partial charge in [0.05, 0.1) is 17.1 Å². The van der Waals surface area contributed by atoms with Gasteiger partial charge in [-0.05, 0) is 42.3 Å². The summed E-state index contributed by atoms with van der Waals surface area (Å²) in [6, 6.07) is 9.99. The van der Waals surface area contributed by atoms with Crippen LogP contribution in [-0.4, -0.2) is 47.3 Å². The van der Waals surface area contributed by atoms with Crippen LogP contribution in [0.4, 0.5) is 4.39 Å². The lowest BCUT2D eigenvalue weighted by molar-refractivity contribution is -0.132. The van der Waals surface area contributed by atoms with Crippen molar-refractivity contribution in [2.24, 2.45) is 7.05 Å². The van der Waals surface area contributed by atoms with E-state index in [0.29, 0.717) is 24.3 Å². The number of aryl methyl sites for hydroxylation is 1. The molecule has 1 fully saturated rings. The first kappa shape index (κ1) is 21.0. The largest absolute Gasteiger partial charge is 0.367 e. The van der Waals surface area contributed by atoms with E-state index in [4.69, 9.17) is 4.74 Å². The number of amides is 1. The molecule has 2 N–H and O–H groups in total. The fraction of sp³-hybridized carbons (Fsp3) is 0.348. The molecule has 0 radical (unpaired) electrons. The fourth-order valence-corrected chi connectivity index (χ4v) is 3.68. The molecular weight excluding hydrogens is 397 g/mol. The number of carbonyl (C=O) groups excluding carboxylic acids is 1. The number of hydrogen-bond acceptors (Lipinski definition) is 5. The Morgan fingerprint density at radius 1 is 1.42 bits per heavy atom. The third kappa shape index (κ3) is 4.74. The summed E-state index contributed by atoms with van der Waals surface area (Å²) in [5, 5.41) is 15.3. The van der Waals surface area contributed by atoms with Crippen molar-refractivity contribution in [1.29, 1.82) is 5.26 Å². The SMILES string of the molecule is Cn1ccc2ncc(-c3ccc(C[C@@H](C#N)NC(=O)[C@@H]4CNCCCO4)c(F)c3)cc21. The summed E-state index contributed by atoms with van der Waals surface area (Å²) in [5.74, 6) is -0.786. The van der Waals surface area contributed by atoms with E-state index in [-0.39, 0.29) is 12.3 Å². The van der Waals surface area contributed by atoms with Crippen molar-refractivity contribution in [1.82, 2.24) is 20.2 Å². The number of halogens is 1. The molecule has 4 rings (SSSR count). The van der Waals surface area contributed by atoms with Gasteiger partial charge in [-0.1, -0.05) is 12.1 Å². The summed E-state index contributed by atoms with van der Waals surface area (Å²) < 4.78 is 22.3. The van der Waals surface area contributed by atoms with Crippen molar-refractivity contribution >= 4 is 16.9 Å². The number of carbonyl (C=O) groups is 1. The molecule has 0 unspecified atom stereocenters. The highest BCUT2D eigenvalue weighted by molar-refractivity contribution is 5.82. The van der Waals surface area contributed by atoms with Crippen LogP contribution < -0.4 is 10.6 Å². The topological polar surface area (TPSA) is 92.0 Å². The molecule has 2 aromatic heterocycles. The normalized spacial score (nSPS) is 17.6. The number of nitriles is 1. The zero-order valence-electron chi connectivity index (χ0n) is 17.3. The van der Waals surface area contributed by atoms with Gasteiger partial charge in [0, 0.05) is 44.6 Å². The number of benzene rings is 1. The maximum atomic E-state index is 14.8. The fourth-order valence-electron chi connectivity index (χ4n) is 3.68. The standard InChI is InChI=1S/C23H24FN5O2/c1-29-7-5-20-21(29)11-17(13-27-20)15-3-4-16(19(24)10-15)9-18(12-25)28-23(30)22-14-26-6-2-8-31-22/h3-5,7,10-11,13,18,22,26H,2,6,8-9,14H2,1H3,(H,28,30)/t18-,22-/m0/s1. The Bertz CT molecular complexity index is 1130. The molecule has 1 aromatic carbocycles. The first-order valence-corrected chi connectivity index (χ1v) is 10.3. The molecule has 2 atom stereocenters. The summed E-state index contributed by atoms with van der Waals surface area (Å²) in [4.78, 5) is 16.8. The van der Waals surface area contributed by atoms with Crippen molar-refractivity contribution in [3.05, 3.63) is 54.1 Å². The first-order valence-electron chi connectivity index (χ1n) is 10.3. The van der Waals surface area contributed by atoms with E-state index in [0.717, 1.165) is 29.6 Å². The van der Waals surface area contributed by atoms with Gasteiger partial charge in [0.2, 0.25) is 0 Å². The van der Waals surface area contributed by atoms with Crippen LogP contribution in [0, 0.1) is 17.1 Å². The second-order valence-electron chi connectivity index (χ2n) is 7.67. The van der Waals surface area contributed by atoms with Gasteiger partial charge in [0.1, 0.15) is 18.0 Å². The maximum Gasteiger partial charge on any atom is 0.251 e. The lowest BCUT2D eigenvalue weighted by atomic mass is 10.0. The Balaban J connectivity index is 1.47. The van der Waals surface area contributed by atoms with Crippen LogP contribution in [-0.2, 0) is 23.0 Å². The second kappa shape index (κ2) is 9.25.